The Morgan fingerprint density at radius 3 is 2.52 bits per heavy atom. The second kappa shape index (κ2) is 6.56. The molecule has 0 bridgehead atoms. The van der Waals surface area contributed by atoms with Crippen molar-refractivity contribution in [1.29, 1.82) is 0 Å². The molecule has 5 nitrogen and oxygen atoms in total. The van der Waals surface area contributed by atoms with Gasteiger partial charge in [0.25, 0.3) is 0 Å². The number of rotatable bonds is 3. The van der Waals surface area contributed by atoms with Crippen molar-refractivity contribution in [3.05, 3.63) is 59.7 Å². The van der Waals surface area contributed by atoms with Crippen molar-refractivity contribution in [2.75, 3.05) is 12.4 Å². The van der Waals surface area contributed by atoms with Gasteiger partial charge in [-0.25, -0.2) is 9.59 Å². The number of amides is 1. The van der Waals surface area contributed by atoms with Gasteiger partial charge in [-0.1, -0.05) is 18.2 Å². The van der Waals surface area contributed by atoms with E-state index in [2.05, 4.69) is 10.1 Å². The van der Waals surface area contributed by atoms with Crippen LogP contribution in [0.5, 0.6) is 5.75 Å². The van der Waals surface area contributed by atoms with Crippen molar-refractivity contribution in [2.24, 2.45) is 0 Å². The molecule has 108 valence electrons. The van der Waals surface area contributed by atoms with Crippen LogP contribution in [0.25, 0.3) is 0 Å². The minimum absolute atomic E-state index is 0.267. The largest absolute Gasteiger partial charge is 0.465 e. The lowest BCUT2D eigenvalue weighted by atomic mass is 10.2. The number of carbonyl (C=O) groups is 2. The van der Waals surface area contributed by atoms with Crippen LogP contribution in [0.4, 0.5) is 10.5 Å². The molecule has 0 aliphatic rings. The van der Waals surface area contributed by atoms with Crippen LogP contribution >= 0.6 is 0 Å². The molecule has 1 amide bonds. The van der Waals surface area contributed by atoms with Gasteiger partial charge in [-0.05, 0) is 42.8 Å². The first-order valence-corrected chi connectivity index (χ1v) is 6.32. The number of aryl methyl sites for hydroxylation is 1. The quantitative estimate of drug-likeness (QED) is 0.878. The van der Waals surface area contributed by atoms with Crippen LogP contribution in [0.2, 0.25) is 0 Å². The van der Waals surface area contributed by atoms with Crippen molar-refractivity contribution < 1.29 is 19.1 Å². The Labute approximate surface area is 122 Å². The van der Waals surface area contributed by atoms with E-state index in [4.69, 9.17) is 4.74 Å². The average Bonchev–Trinajstić information content (AvgIpc) is 2.46. The Morgan fingerprint density at radius 1 is 1.05 bits per heavy atom. The molecule has 0 aliphatic carbocycles. The normalized spacial score (nSPS) is 9.81. The molecule has 5 heteroatoms. The van der Waals surface area contributed by atoms with Gasteiger partial charge in [0.2, 0.25) is 0 Å². The summed E-state index contributed by atoms with van der Waals surface area (Å²) >= 11 is 0. The molecule has 1 N–H and O–H groups in total. The maximum Gasteiger partial charge on any atom is 0.417 e. The first kappa shape index (κ1) is 14.6. The Bertz CT molecular complexity index is 667. The highest BCUT2D eigenvalue weighted by Crippen LogP contribution is 2.16. The third kappa shape index (κ3) is 4.07. The summed E-state index contributed by atoms with van der Waals surface area (Å²) in [6, 6.07) is 13.6. The van der Waals surface area contributed by atoms with Crippen LogP contribution in [0, 0.1) is 6.92 Å². The zero-order chi connectivity index (χ0) is 15.2. The van der Waals surface area contributed by atoms with E-state index >= 15 is 0 Å². The minimum Gasteiger partial charge on any atom is -0.465 e. The van der Waals surface area contributed by atoms with Crippen molar-refractivity contribution in [1.82, 2.24) is 0 Å². The van der Waals surface area contributed by atoms with Gasteiger partial charge < -0.3 is 9.47 Å². The number of anilines is 1. The lowest BCUT2D eigenvalue weighted by Crippen LogP contribution is -2.17. The standard InChI is InChI=1S/C16H15NO4/c1-11-5-3-7-13(9-11)17-16(19)21-14-8-4-6-12(10-14)15(18)20-2/h3-10H,1-2H3,(H,17,19). The fraction of sp³-hybridized carbons (Fsp3) is 0.125. The number of carbonyl (C=O) groups excluding carboxylic acids is 2. The van der Waals surface area contributed by atoms with E-state index < -0.39 is 12.1 Å². The Kier molecular flexibility index (Phi) is 4.56. The second-order valence-electron chi connectivity index (χ2n) is 4.40. The van der Waals surface area contributed by atoms with Crippen LogP contribution in [-0.2, 0) is 4.74 Å². The number of benzene rings is 2. The number of esters is 1. The molecule has 0 fully saturated rings. The zero-order valence-electron chi connectivity index (χ0n) is 11.8. The maximum absolute atomic E-state index is 11.8. The highest BCUT2D eigenvalue weighted by molar-refractivity contribution is 5.90. The summed E-state index contributed by atoms with van der Waals surface area (Å²) in [5.74, 6) is -0.220. The predicted octanol–water partition coefficient (Wildman–Crippen LogP) is 3.39. The molecule has 0 spiro atoms. The van der Waals surface area contributed by atoms with E-state index in [0.717, 1.165) is 5.56 Å². The molecular weight excluding hydrogens is 270 g/mol. The molecule has 0 atom stereocenters. The molecule has 0 heterocycles. The molecule has 0 radical (unpaired) electrons. The molecule has 2 aromatic rings. The van der Waals surface area contributed by atoms with Crippen LogP contribution < -0.4 is 10.1 Å². The van der Waals surface area contributed by atoms with E-state index in [1.54, 1.807) is 24.3 Å². The van der Waals surface area contributed by atoms with E-state index in [0.29, 0.717) is 11.3 Å². The van der Waals surface area contributed by atoms with Crippen molar-refractivity contribution in [3.8, 4) is 5.75 Å². The van der Waals surface area contributed by atoms with Crippen LogP contribution in [0.3, 0.4) is 0 Å². The molecule has 0 aliphatic heterocycles. The first-order chi connectivity index (χ1) is 10.1. The maximum atomic E-state index is 11.8. The summed E-state index contributed by atoms with van der Waals surface area (Å²) in [4.78, 5) is 23.2. The molecule has 21 heavy (non-hydrogen) atoms. The zero-order valence-corrected chi connectivity index (χ0v) is 11.8. The van der Waals surface area contributed by atoms with Crippen molar-refractivity contribution >= 4 is 17.7 Å². The van der Waals surface area contributed by atoms with Crippen molar-refractivity contribution in [2.45, 2.75) is 6.92 Å². The van der Waals surface area contributed by atoms with E-state index in [9.17, 15) is 9.59 Å². The van der Waals surface area contributed by atoms with Gasteiger partial charge in [-0.15, -0.1) is 0 Å². The van der Waals surface area contributed by atoms with E-state index in [-0.39, 0.29) is 5.75 Å². The van der Waals surface area contributed by atoms with Gasteiger partial charge in [-0.2, -0.15) is 0 Å². The van der Waals surface area contributed by atoms with Gasteiger partial charge in [0, 0.05) is 5.69 Å². The topological polar surface area (TPSA) is 64.6 Å². The summed E-state index contributed by atoms with van der Waals surface area (Å²) in [7, 11) is 1.29. The lowest BCUT2D eigenvalue weighted by Gasteiger charge is -2.08. The number of nitrogens with one attached hydrogen (secondary N) is 1. The molecule has 0 aromatic heterocycles. The van der Waals surface area contributed by atoms with Crippen LogP contribution in [0.15, 0.2) is 48.5 Å². The summed E-state index contributed by atoms with van der Waals surface area (Å²) in [5.41, 5.74) is 1.99. The number of methoxy groups -OCH3 is 1. The number of hydrogen-bond donors (Lipinski definition) is 1. The lowest BCUT2D eigenvalue weighted by molar-refractivity contribution is 0.0600. The third-order valence-corrected chi connectivity index (χ3v) is 2.73. The molecular formula is C16H15NO4. The summed E-state index contributed by atoms with van der Waals surface area (Å²) in [6.07, 6.45) is -0.623. The minimum atomic E-state index is -0.623. The number of ether oxygens (including phenoxy) is 2. The average molecular weight is 285 g/mol. The number of hydrogen-bond acceptors (Lipinski definition) is 4. The van der Waals surface area contributed by atoms with Gasteiger partial charge in [0.15, 0.2) is 0 Å². The van der Waals surface area contributed by atoms with E-state index in [1.165, 1.54) is 13.2 Å². The summed E-state index contributed by atoms with van der Waals surface area (Å²) in [6.45, 7) is 1.93. The molecule has 0 saturated carbocycles. The Balaban J connectivity index is 2.04. The smallest absolute Gasteiger partial charge is 0.417 e. The molecule has 2 aromatic carbocycles. The van der Waals surface area contributed by atoms with Gasteiger partial charge in [0.05, 0.1) is 12.7 Å². The SMILES string of the molecule is COC(=O)c1cccc(OC(=O)Nc2cccc(C)c2)c1. The summed E-state index contributed by atoms with van der Waals surface area (Å²) < 4.78 is 9.75. The van der Waals surface area contributed by atoms with Crippen LogP contribution in [0.1, 0.15) is 15.9 Å². The molecule has 0 unspecified atom stereocenters. The Hall–Kier alpha value is -2.82. The fourth-order valence-electron chi connectivity index (χ4n) is 1.78. The molecule has 0 saturated heterocycles. The highest BCUT2D eigenvalue weighted by atomic mass is 16.6. The predicted molar refractivity (Wildman–Crippen MR) is 78.6 cm³/mol. The first-order valence-electron chi connectivity index (χ1n) is 6.32. The molecule has 2 rings (SSSR count). The fourth-order valence-corrected chi connectivity index (χ4v) is 1.78. The second-order valence-corrected chi connectivity index (χ2v) is 4.40. The van der Waals surface area contributed by atoms with Gasteiger partial charge in [-0.3, -0.25) is 5.32 Å². The van der Waals surface area contributed by atoms with Gasteiger partial charge in [0.1, 0.15) is 5.75 Å². The van der Waals surface area contributed by atoms with Gasteiger partial charge >= 0.3 is 12.1 Å². The monoisotopic (exact) mass is 285 g/mol. The summed E-state index contributed by atoms with van der Waals surface area (Å²) in [5, 5.41) is 2.62. The van der Waals surface area contributed by atoms with Crippen molar-refractivity contribution in [3.63, 3.8) is 0 Å². The van der Waals surface area contributed by atoms with Crippen LogP contribution in [-0.4, -0.2) is 19.2 Å². The van der Waals surface area contributed by atoms with E-state index in [1.807, 2.05) is 25.1 Å². The highest BCUT2D eigenvalue weighted by Gasteiger charge is 2.09. The third-order valence-electron chi connectivity index (χ3n) is 2.73. The Morgan fingerprint density at radius 2 is 1.81 bits per heavy atom.